The first kappa shape index (κ1) is 19.7. The first-order chi connectivity index (χ1) is 8.55. The van der Waals surface area contributed by atoms with Gasteiger partial charge < -0.3 is 0 Å². The Bertz CT molecular complexity index is 365. The maximum atomic E-state index is 12.7. The van der Waals surface area contributed by atoms with Crippen molar-refractivity contribution in [3.8, 4) is 0 Å². The second kappa shape index (κ2) is 5.82. The minimum atomic E-state index is -5.29. The predicted octanol–water partition coefficient (Wildman–Crippen LogP) is 3.46. The lowest BCUT2D eigenvalue weighted by atomic mass is 10.4. The van der Waals surface area contributed by atoms with Gasteiger partial charge in [0.1, 0.15) is 0 Å². The standard InChI is InChI=1S/C6Cl4F6O4/c7-5(8,15)3(11,12)1(17)19-20-2(18)4(13,14)6(9,10)16. The summed E-state index contributed by atoms with van der Waals surface area (Å²) in [5.41, 5.74) is 0. The van der Waals surface area contributed by atoms with Gasteiger partial charge in [0, 0.05) is 0 Å². The van der Waals surface area contributed by atoms with Gasteiger partial charge in [-0.2, -0.15) is 17.6 Å². The highest BCUT2D eigenvalue weighted by Gasteiger charge is 2.64. The van der Waals surface area contributed by atoms with E-state index in [0.29, 0.717) is 0 Å². The Morgan fingerprint density at radius 2 is 0.850 bits per heavy atom. The van der Waals surface area contributed by atoms with Crippen LogP contribution in [-0.4, -0.2) is 33.0 Å². The van der Waals surface area contributed by atoms with E-state index in [-0.39, 0.29) is 0 Å². The molecule has 0 unspecified atom stereocenters. The summed E-state index contributed by atoms with van der Waals surface area (Å²) in [6.07, 6.45) is 0. The minimum Gasteiger partial charge on any atom is -0.240 e. The molecule has 0 N–H and O–H groups in total. The Balaban J connectivity index is 4.83. The molecule has 0 aromatic carbocycles. The average Bonchev–Trinajstić information content (AvgIpc) is 2.21. The molecule has 0 saturated heterocycles. The van der Waals surface area contributed by atoms with Gasteiger partial charge in [-0.25, -0.2) is 28.1 Å². The van der Waals surface area contributed by atoms with E-state index in [2.05, 4.69) is 56.2 Å². The SMILES string of the molecule is O=C(OOC(=O)C(F)(F)C(F)(Cl)Cl)C(F)(F)C(F)(Cl)Cl. The summed E-state index contributed by atoms with van der Waals surface area (Å²) in [6.45, 7) is 0. The summed E-state index contributed by atoms with van der Waals surface area (Å²) in [5, 5.41) is 0. The van der Waals surface area contributed by atoms with E-state index in [4.69, 9.17) is 0 Å². The van der Waals surface area contributed by atoms with E-state index in [1.165, 1.54) is 0 Å². The molecule has 0 fully saturated rings. The summed E-state index contributed by atoms with van der Waals surface area (Å²) in [7, 11) is 0. The fourth-order valence-corrected chi connectivity index (χ4v) is 0.720. The number of halogens is 10. The Morgan fingerprint density at radius 3 is 1.00 bits per heavy atom. The van der Waals surface area contributed by atoms with Crippen LogP contribution in [0.2, 0.25) is 0 Å². The second-order valence-corrected chi connectivity index (χ2v) is 5.36. The molecule has 0 aromatic heterocycles. The molecule has 0 atom stereocenters. The zero-order chi connectivity index (χ0) is 16.6. The van der Waals surface area contributed by atoms with Crippen molar-refractivity contribution in [1.29, 1.82) is 0 Å². The molecule has 0 aliphatic heterocycles. The van der Waals surface area contributed by atoms with Gasteiger partial charge in [0.05, 0.1) is 0 Å². The minimum absolute atomic E-state index is 2.87. The molecular formula is C6Cl4F6O4. The number of rotatable bonds is 4. The lowest BCUT2D eigenvalue weighted by molar-refractivity contribution is -0.291. The quantitative estimate of drug-likeness (QED) is 0.319. The first-order valence-electron chi connectivity index (χ1n) is 3.87. The molecule has 20 heavy (non-hydrogen) atoms. The maximum Gasteiger partial charge on any atom is 0.430 e. The third-order valence-electron chi connectivity index (χ3n) is 1.42. The number of alkyl halides is 10. The molecule has 0 aliphatic rings. The highest BCUT2D eigenvalue weighted by Crippen LogP contribution is 2.42. The van der Waals surface area contributed by atoms with Crippen LogP contribution >= 0.6 is 46.4 Å². The third kappa shape index (κ3) is 4.09. The molecule has 0 amide bonds. The van der Waals surface area contributed by atoms with E-state index in [9.17, 15) is 35.9 Å². The largest absolute Gasteiger partial charge is 0.430 e. The Hall–Kier alpha value is -0.320. The molecule has 0 heterocycles. The fourth-order valence-electron chi connectivity index (χ4n) is 0.412. The highest BCUT2D eigenvalue weighted by molar-refractivity contribution is 6.49. The van der Waals surface area contributed by atoms with E-state index >= 15 is 0 Å². The molecule has 0 aliphatic carbocycles. The Morgan fingerprint density at radius 1 is 0.650 bits per heavy atom. The van der Waals surface area contributed by atoms with Crippen molar-refractivity contribution in [1.82, 2.24) is 0 Å². The van der Waals surface area contributed by atoms with Crippen molar-refractivity contribution >= 4 is 58.3 Å². The van der Waals surface area contributed by atoms with Crippen LogP contribution in [-0.2, 0) is 19.4 Å². The molecule has 0 rings (SSSR count). The first-order valence-corrected chi connectivity index (χ1v) is 5.38. The van der Waals surface area contributed by atoms with Gasteiger partial charge >= 0.3 is 33.0 Å². The Kier molecular flexibility index (Phi) is 5.72. The van der Waals surface area contributed by atoms with Crippen LogP contribution in [0.25, 0.3) is 0 Å². The van der Waals surface area contributed by atoms with Crippen LogP contribution in [0.15, 0.2) is 0 Å². The number of carbonyl (C=O) groups excluding carboxylic acids is 2. The van der Waals surface area contributed by atoms with Crippen LogP contribution in [0.3, 0.4) is 0 Å². The molecular weight excluding hydrogens is 392 g/mol. The number of hydrogen-bond donors (Lipinski definition) is 0. The van der Waals surface area contributed by atoms with Crippen molar-refractivity contribution in [3.63, 3.8) is 0 Å². The van der Waals surface area contributed by atoms with Crippen molar-refractivity contribution in [2.24, 2.45) is 0 Å². The highest BCUT2D eigenvalue weighted by atomic mass is 35.5. The molecule has 0 radical (unpaired) electrons. The summed E-state index contributed by atoms with van der Waals surface area (Å²) in [5.74, 6) is -16.7. The van der Waals surface area contributed by atoms with Crippen molar-refractivity contribution in [2.45, 2.75) is 21.0 Å². The lowest BCUT2D eigenvalue weighted by Crippen LogP contribution is -2.47. The topological polar surface area (TPSA) is 52.6 Å². The van der Waals surface area contributed by atoms with Crippen LogP contribution in [0.4, 0.5) is 26.3 Å². The third-order valence-corrected chi connectivity index (χ3v) is 2.37. The zero-order valence-corrected chi connectivity index (χ0v) is 11.4. The second-order valence-electron chi connectivity index (χ2n) is 2.89. The van der Waals surface area contributed by atoms with Crippen molar-refractivity contribution in [2.75, 3.05) is 0 Å². The van der Waals surface area contributed by atoms with Gasteiger partial charge in [-0.1, -0.05) is 46.4 Å². The molecule has 4 nitrogen and oxygen atoms in total. The number of carbonyl (C=O) groups is 2. The van der Waals surface area contributed by atoms with Gasteiger partial charge in [0.25, 0.3) is 0 Å². The summed E-state index contributed by atoms with van der Waals surface area (Å²) in [6, 6.07) is 0. The summed E-state index contributed by atoms with van der Waals surface area (Å²) >= 11 is 17.0. The van der Waals surface area contributed by atoms with Crippen LogP contribution in [0.1, 0.15) is 0 Å². The van der Waals surface area contributed by atoms with Gasteiger partial charge in [-0.15, -0.1) is 0 Å². The van der Waals surface area contributed by atoms with E-state index in [1.807, 2.05) is 0 Å². The smallest absolute Gasteiger partial charge is 0.240 e. The van der Waals surface area contributed by atoms with E-state index < -0.39 is 33.0 Å². The van der Waals surface area contributed by atoms with Gasteiger partial charge in [-0.05, 0) is 0 Å². The van der Waals surface area contributed by atoms with Crippen LogP contribution < -0.4 is 0 Å². The van der Waals surface area contributed by atoms with E-state index in [0.717, 1.165) is 0 Å². The average molecular weight is 392 g/mol. The molecule has 118 valence electrons. The monoisotopic (exact) mass is 390 g/mol. The summed E-state index contributed by atoms with van der Waals surface area (Å²) < 4.78 is 66.7. The van der Waals surface area contributed by atoms with Crippen LogP contribution in [0.5, 0.6) is 0 Å². The zero-order valence-electron chi connectivity index (χ0n) is 8.41. The molecule has 0 spiro atoms. The fraction of sp³-hybridized carbons (Fsp3) is 0.667. The maximum absolute atomic E-state index is 12.7. The van der Waals surface area contributed by atoms with Gasteiger partial charge in [0.2, 0.25) is 0 Å². The lowest BCUT2D eigenvalue weighted by Gasteiger charge is -2.21. The van der Waals surface area contributed by atoms with Crippen molar-refractivity contribution < 1.29 is 45.7 Å². The normalized spacial score (nSPS) is 13.9. The van der Waals surface area contributed by atoms with Gasteiger partial charge in [-0.3, -0.25) is 0 Å². The molecule has 0 bridgehead atoms. The molecule has 0 aromatic rings. The number of hydrogen-bond acceptors (Lipinski definition) is 4. The molecule has 0 saturated carbocycles. The van der Waals surface area contributed by atoms with Crippen LogP contribution in [0, 0.1) is 0 Å². The van der Waals surface area contributed by atoms with Gasteiger partial charge in [0.15, 0.2) is 0 Å². The van der Waals surface area contributed by atoms with Crippen molar-refractivity contribution in [3.05, 3.63) is 0 Å². The molecule has 14 heteroatoms. The summed E-state index contributed by atoms with van der Waals surface area (Å²) in [4.78, 5) is 26.8. The Labute approximate surface area is 125 Å². The van der Waals surface area contributed by atoms with E-state index in [1.54, 1.807) is 0 Å². The predicted molar refractivity (Wildman–Crippen MR) is 53.2 cm³/mol.